The third-order valence-corrected chi connectivity index (χ3v) is 6.04. The Balaban J connectivity index is 1.28. The first-order valence-corrected chi connectivity index (χ1v) is 12.1. The van der Waals surface area contributed by atoms with Crippen molar-refractivity contribution in [3.63, 3.8) is 0 Å². The number of carbonyl (C=O) groups is 1. The van der Waals surface area contributed by atoms with E-state index in [4.69, 9.17) is 15.2 Å². The van der Waals surface area contributed by atoms with E-state index >= 15 is 0 Å². The van der Waals surface area contributed by atoms with Gasteiger partial charge in [-0.15, -0.1) is 5.10 Å². The number of nitrogens with two attached hydrogens (primary N) is 1. The van der Waals surface area contributed by atoms with Gasteiger partial charge in [0.05, 0.1) is 18.9 Å². The van der Waals surface area contributed by atoms with Crippen LogP contribution in [0.5, 0.6) is 5.75 Å². The molecule has 2 aromatic carbocycles. The van der Waals surface area contributed by atoms with E-state index in [1.54, 1.807) is 31.2 Å². The SMILES string of the molecule is C/C(=N\NC(=O)c1c(CN2CCOCC2)nnn1-c1nonc1N)c1ccc(OCc2ccc(F)cc2)cc1. The Kier molecular flexibility index (Phi) is 7.84. The third-order valence-electron chi connectivity index (χ3n) is 6.04. The van der Waals surface area contributed by atoms with Gasteiger partial charge in [-0.3, -0.25) is 9.69 Å². The van der Waals surface area contributed by atoms with E-state index in [0.717, 1.165) is 11.1 Å². The number of rotatable bonds is 9. The second kappa shape index (κ2) is 11.8. The molecule has 202 valence electrons. The van der Waals surface area contributed by atoms with Crippen LogP contribution in [0.1, 0.15) is 34.2 Å². The van der Waals surface area contributed by atoms with Crippen LogP contribution in [0.25, 0.3) is 5.82 Å². The Hall–Kier alpha value is -4.69. The normalized spacial score (nSPS) is 14.4. The highest BCUT2D eigenvalue weighted by Crippen LogP contribution is 2.18. The predicted octanol–water partition coefficient (Wildman–Crippen LogP) is 1.94. The molecule has 1 fully saturated rings. The summed E-state index contributed by atoms with van der Waals surface area (Å²) in [6, 6.07) is 13.4. The number of hydrazone groups is 1. The van der Waals surface area contributed by atoms with Crippen LogP contribution >= 0.6 is 0 Å². The standard InChI is InChI=1S/C25H26FN9O4/c1-16(18-4-8-20(9-5-18)38-15-17-2-6-19(26)7-3-17)28-30-25(36)22-21(14-34-10-12-37-13-11-34)29-33-35(22)24-23(27)31-39-32-24/h2-9H,10-15H2,1H3,(H2,27,31)(H,30,36)/b28-16+. The van der Waals surface area contributed by atoms with Crippen LogP contribution in [0, 0.1) is 5.82 Å². The lowest BCUT2D eigenvalue weighted by Gasteiger charge is -2.25. The molecule has 0 spiro atoms. The number of anilines is 1. The quantitative estimate of drug-likeness (QED) is 0.240. The van der Waals surface area contributed by atoms with Gasteiger partial charge in [0.2, 0.25) is 11.6 Å². The van der Waals surface area contributed by atoms with Crippen molar-refractivity contribution in [2.75, 3.05) is 32.0 Å². The molecule has 14 heteroatoms. The van der Waals surface area contributed by atoms with E-state index in [1.807, 2.05) is 12.1 Å². The number of carbonyl (C=O) groups excluding carboxylic acids is 1. The van der Waals surface area contributed by atoms with Crippen molar-refractivity contribution >= 4 is 17.4 Å². The minimum atomic E-state index is -0.552. The summed E-state index contributed by atoms with van der Waals surface area (Å²) < 4.78 is 30.1. The molecule has 1 aliphatic heterocycles. The molecule has 39 heavy (non-hydrogen) atoms. The molecule has 0 saturated carbocycles. The van der Waals surface area contributed by atoms with Crippen LogP contribution in [0.15, 0.2) is 58.3 Å². The maximum Gasteiger partial charge on any atom is 0.292 e. The molecule has 2 aromatic heterocycles. The lowest BCUT2D eigenvalue weighted by molar-refractivity contribution is 0.0335. The number of ether oxygens (including phenoxy) is 2. The number of amides is 1. The van der Waals surface area contributed by atoms with Crippen LogP contribution in [0.3, 0.4) is 0 Å². The van der Waals surface area contributed by atoms with E-state index in [9.17, 15) is 9.18 Å². The Morgan fingerprint density at radius 3 is 2.56 bits per heavy atom. The molecule has 3 heterocycles. The molecule has 0 unspecified atom stereocenters. The number of benzene rings is 2. The number of hydrogen-bond donors (Lipinski definition) is 2. The Bertz CT molecular complexity index is 1450. The van der Waals surface area contributed by atoms with Gasteiger partial charge in [0, 0.05) is 19.6 Å². The Morgan fingerprint density at radius 2 is 1.87 bits per heavy atom. The minimum absolute atomic E-state index is 0.0340. The second-order valence-corrected chi connectivity index (χ2v) is 8.74. The third kappa shape index (κ3) is 6.25. The van der Waals surface area contributed by atoms with Crippen LogP contribution < -0.4 is 15.9 Å². The van der Waals surface area contributed by atoms with E-state index < -0.39 is 5.91 Å². The fourth-order valence-electron chi connectivity index (χ4n) is 3.90. The van der Waals surface area contributed by atoms with Crippen molar-refractivity contribution in [2.45, 2.75) is 20.1 Å². The van der Waals surface area contributed by atoms with E-state index in [1.165, 1.54) is 16.8 Å². The number of hydrogen-bond acceptors (Lipinski definition) is 11. The van der Waals surface area contributed by atoms with Crippen LogP contribution in [0.2, 0.25) is 0 Å². The zero-order chi connectivity index (χ0) is 27.2. The first-order chi connectivity index (χ1) is 19.0. The molecule has 13 nitrogen and oxygen atoms in total. The van der Waals surface area contributed by atoms with Crippen LogP contribution in [-0.2, 0) is 17.9 Å². The van der Waals surface area contributed by atoms with Crippen molar-refractivity contribution in [1.82, 2.24) is 35.6 Å². The molecule has 0 atom stereocenters. The van der Waals surface area contributed by atoms with Crippen LogP contribution in [-0.4, -0.2) is 68.1 Å². The lowest BCUT2D eigenvalue weighted by Crippen LogP contribution is -2.36. The maximum absolute atomic E-state index is 13.3. The maximum atomic E-state index is 13.3. The summed E-state index contributed by atoms with van der Waals surface area (Å²) in [6.07, 6.45) is 0. The molecule has 3 N–H and O–H groups in total. The topological polar surface area (TPSA) is 159 Å². The highest BCUT2D eigenvalue weighted by Gasteiger charge is 2.26. The van der Waals surface area contributed by atoms with Gasteiger partial charge >= 0.3 is 0 Å². The number of nitrogens with zero attached hydrogens (tertiary/aromatic N) is 7. The number of nitrogens with one attached hydrogen (secondary N) is 1. The van der Waals surface area contributed by atoms with Gasteiger partial charge in [0.15, 0.2) is 5.69 Å². The summed E-state index contributed by atoms with van der Waals surface area (Å²) in [5.41, 5.74) is 11.1. The van der Waals surface area contributed by atoms with Crippen molar-refractivity contribution in [2.24, 2.45) is 5.10 Å². The monoisotopic (exact) mass is 535 g/mol. The second-order valence-electron chi connectivity index (χ2n) is 8.74. The first-order valence-electron chi connectivity index (χ1n) is 12.1. The summed E-state index contributed by atoms with van der Waals surface area (Å²) in [5.74, 6) is -0.185. The summed E-state index contributed by atoms with van der Waals surface area (Å²) in [4.78, 5) is 15.4. The van der Waals surface area contributed by atoms with E-state index in [0.29, 0.717) is 56.6 Å². The van der Waals surface area contributed by atoms with Gasteiger partial charge < -0.3 is 15.2 Å². The number of halogens is 1. The Labute approximate surface area is 222 Å². The highest BCUT2D eigenvalue weighted by molar-refractivity contribution is 6.00. The highest BCUT2D eigenvalue weighted by atomic mass is 19.1. The molecule has 1 aliphatic rings. The van der Waals surface area contributed by atoms with Gasteiger partial charge in [0.1, 0.15) is 23.9 Å². The largest absolute Gasteiger partial charge is 0.489 e. The fraction of sp³-hybridized carbons (Fsp3) is 0.280. The predicted molar refractivity (Wildman–Crippen MR) is 137 cm³/mol. The zero-order valence-electron chi connectivity index (χ0n) is 21.1. The molecule has 1 amide bonds. The van der Waals surface area contributed by atoms with Crippen LogP contribution in [0.4, 0.5) is 10.2 Å². The van der Waals surface area contributed by atoms with Crippen molar-refractivity contribution in [3.8, 4) is 11.6 Å². The molecular formula is C25H26FN9O4. The fourth-order valence-corrected chi connectivity index (χ4v) is 3.90. The van der Waals surface area contributed by atoms with Crippen molar-refractivity contribution in [1.29, 1.82) is 0 Å². The summed E-state index contributed by atoms with van der Waals surface area (Å²) in [5, 5.41) is 19.8. The Morgan fingerprint density at radius 1 is 1.13 bits per heavy atom. The number of nitrogen functional groups attached to an aromatic ring is 1. The van der Waals surface area contributed by atoms with Gasteiger partial charge in [-0.2, -0.15) is 9.78 Å². The molecular weight excluding hydrogens is 509 g/mol. The molecule has 5 rings (SSSR count). The number of aromatic nitrogens is 5. The average Bonchev–Trinajstić information content (AvgIpc) is 3.57. The first kappa shape index (κ1) is 25.9. The summed E-state index contributed by atoms with van der Waals surface area (Å²) >= 11 is 0. The van der Waals surface area contributed by atoms with Gasteiger partial charge in [-0.1, -0.05) is 17.3 Å². The van der Waals surface area contributed by atoms with E-state index in [2.05, 4.69) is 40.7 Å². The molecule has 1 saturated heterocycles. The number of morpholine rings is 1. The average molecular weight is 536 g/mol. The molecule has 4 aromatic rings. The minimum Gasteiger partial charge on any atom is -0.489 e. The summed E-state index contributed by atoms with van der Waals surface area (Å²) in [6.45, 7) is 5.02. The molecule has 0 radical (unpaired) electrons. The van der Waals surface area contributed by atoms with Gasteiger partial charge in [-0.25, -0.2) is 14.4 Å². The van der Waals surface area contributed by atoms with Crippen molar-refractivity contribution < 1.29 is 23.3 Å². The van der Waals surface area contributed by atoms with Gasteiger partial charge in [0.25, 0.3) is 5.91 Å². The van der Waals surface area contributed by atoms with Gasteiger partial charge in [-0.05, 0) is 64.8 Å². The van der Waals surface area contributed by atoms with Crippen molar-refractivity contribution in [3.05, 3.63) is 76.9 Å². The molecule has 0 aliphatic carbocycles. The molecule has 0 bridgehead atoms. The summed E-state index contributed by atoms with van der Waals surface area (Å²) in [7, 11) is 0. The smallest absolute Gasteiger partial charge is 0.292 e. The zero-order valence-corrected chi connectivity index (χ0v) is 21.1. The van der Waals surface area contributed by atoms with E-state index in [-0.39, 0.29) is 23.1 Å². The lowest BCUT2D eigenvalue weighted by atomic mass is 10.1.